The number of nitriles is 1. The van der Waals surface area contributed by atoms with E-state index >= 15 is 0 Å². The van der Waals surface area contributed by atoms with E-state index in [1.54, 1.807) is 24.7 Å². The Morgan fingerprint density at radius 2 is 1.54 bits per heavy atom. The van der Waals surface area contributed by atoms with E-state index in [1.165, 1.54) is 5.56 Å². The lowest BCUT2D eigenvalue weighted by molar-refractivity contribution is -0.115. The van der Waals surface area contributed by atoms with Gasteiger partial charge in [0.05, 0.1) is 18.1 Å². The first-order valence-electron chi connectivity index (χ1n) is 11.3. The molecule has 0 atom stereocenters. The summed E-state index contributed by atoms with van der Waals surface area (Å²) in [5, 5.41) is 14.4. The molecule has 0 fully saturated rings. The number of carbonyl (C=O) groups excluding carboxylic acids is 1. The second-order valence-electron chi connectivity index (χ2n) is 7.82. The number of amides is 1. The molecule has 176 valence electrons. The average Bonchev–Trinajstić information content (AvgIpc) is 2.90. The van der Waals surface area contributed by atoms with Gasteiger partial charge in [0.15, 0.2) is 0 Å². The highest BCUT2D eigenvalue weighted by Crippen LogP contribution is 2.18. The minimum atomic E-state index is -0.0879. The molecule has 0 saturated carbocycles. The highest BCUT2D eigenvalue weighted by molar-refractivity contribution is 5.91. The number of hydrogen-bond donors (Lipinski definition) is 2. The number of hydrogen-bond acceptors (Lipinski definition) is 6. The number of likely N-dealkylation sites (N-methyl/N-ethyl adjacent to an activating group) is 1. The number of rotatable bonds is 7. The number of nitrogens with one attached hydrogen (secondary N) is 2. The van der Waals surface area contributed by atoms with Gasteiger partial charge in [-0.15, -0.1) is 0 Å². The van der Waals surface area contributed by atoms with Crippen LogP contribution in [0.1, 0.15) is 22.5 Å². The van der Waals surface area contributed by atoms with Gasteiger partial charge in [0.25, 0.3) is 0 Å². The molecule has 0 bridgehead atoms. The van der Waals surface area contributed by atoms with E-state index in [4.69, 9.17) is 5.26 Å². The average molecular weight is 465 g/mol. The third-order valence-electron chi connectivity index (χ3n) is 5.10. The molecular weight excluding hydrogens is 436 g/mol. The van der Waals surface area contributed by atoms with Crippen molar-refractivity contribution in [1.29, 1.82) is 5.26 Å². The largest absolute Gasteiger partial charge is 0.319 e. The Hall–Kier alpha value is -4.41. The molecule has 2 aromatic heterocycles. The summed E-state index contributed by atoms with van der Waals surface area (Å²) in [6, 6.07) is 23.1. The van der Waals surface area contributed by atoms with Crippen molar-refractivity contribution in [2.45, 2.75) is 19.8 Å². The Balaban J connectivity index is 0.000000241. The number of benzene rings is 2. The summed E-state index contributed by atoms with van der Waals surface area (Å²) in [4.78, 5) is 24.6. The van der Waals surface area contributed by atoms with Crippen molar-refractivity contribution >= 4 is 11.7 Å². The van der Waals surface area contributed by atoms with E-state index < -0.39 is 0 Å². The fourth-order valence-electron chi connectivity index (χ4n) is 3.16. The second-order valence-corrected chi connectivity index (χ2v) is 7.82. The van der Waals surface area contributed by atoms with Crippen LogP contribution in [-0.2, 0) is 17.6 Å². The van der Waals surface area contributed by atoms with Crippen molar-refractivity contribution in [1.82, 2.24) is 20.3 Å². The number of anilines is 1. The van der Waals surface area contributed by atoms with Crippen LogP contribution >= 0.6 is 0 Å². The van der Waals surface area contributed by atoms with E-state index in [2.05, 4.69) is 31.7 Å². The van der Waals surface area contributed by atoms with Crippen LogP contribution < -0.4 is 10.6 Å². The number of pyridine rings is 1. The number of aromatic nitrogens is 3. The van der Waals surface area contributed by atoms with Crippen LogP contribution in [0.2, 0.25) is 0 Å². The molecule has 1 amide bonds. The molecule has 7 nitrogen and oxygen atoms in total. The predicted molar refractivity (Wildman–Crippen MR) is 138 cm³/mol. The maximum Gasteiger partial charge on any atom is 0.229 e. The first kappa shape index (κ1) is 25.2. The molecule has 0 saturated heterocycles. The van der Waals surface area contributed by atoms with E-state index in [0.717, 1.165) is 41.0 Å². The Bertz CT molecular complexity index is 1230. The highest BCUT2D eigenvalue weighted by Gasteiger charge is 2.06. The van der Waals surface area contributed by atoms with Gasteiger partial charge < -0.3 is 10.6 Å². The normalized spacial score (nSPS) is 9.97. The lowest BCUT2D eigenvalue weighted by Gasteiger charge is -2.06. The van der Waals surface area contributed by atoms with Crippen LogP contribution in [0.4, 0.5) is 5.82 Å². The van der Waals surface area contributed by atoms with Gasteiger partial charge in [-0.2, -0.15) is 5.26 Å². The van der Waals surface area contributed by atoms with Crippen LogP contribution in [0.5, 0.6) is 0 Å². The van der Waals surface area contributed by atoms with E-state index in [1.807, 2.05) is 74.6 Å². The van der Waals surface area contributed by atoms with Crippen LogP contribution in [0, 0.1) is 18.3 Å². The van der Waals surface area contributed by atoms with Crippen molar-refractivity contribution in [3.63, 3.8) is 0 Å². The molecule has 0 spiro atoms. The molecule has 0 unspecified atom stereocenters. The van der Waals surface area contributed by atoms with Gasteiger partial charge in [0, 0.05) is 29.7 Å². The smallest absolute Gasteiger partial charge is 0.229 e. The highest BCUT2D eigenvalue weighted by atomic mass is 16.1. The Morgan fingerprint density at radius 1 is 0.857 bits per heavy atom. The van der Waals surface area contributed by atoms with Crippen molar-refractivity contribution in [3.05, 3.63) is 108 Å². The molecule has 7 heteroatoms. The molecule has 2 aromatic carbocycles. The fraction of sp³-hybridized carbons (Fsp3) is 0.179. The third-order valence-corrected chi connectivity index (χ3v) is 5.10. The van der Waals surface area contributed by atoms with Crippen molar-refractivity contribution in [3.8, 4) is 17.2 Å². The molecule has 0 radical (unpaired) electrons. The van der Waals surface area contributed by atoms with Crippen LogP contribution in [0.15, 0.2) is 85.3 Å². The lowest BCUT2D eigenvalue weighted by atomic mass is 10.1. The zero-order valence-corrected chi connectivity index (χ0v) is 19.9. The Morgan fingerprint density at radius 3 is 2.14 bits per heavy atom. The summed E-state index contributed by atoms with van der Waals surface area (Å²) in [7, 11) is 1.93. The quantitative estimate of drug-likeness (QED) is 0.421. The van der Waals surface area contributed by atoms with Gasteiger partial charge >= 0.3 is 0 Å². The van der Waals surface area contributed by atoms with Crippen molar-refractivity contribution in [2.24, 2.45) is 0 Å². The SMILES string of the molecule is CNCCc1ccc(C#N)cc1.Cc1ncc(-c2ccc(NC(=O)Cc3ccccc3)nc2)cn1. The predicted octanol–water partition coefficient (Wildman–Crippen LogP) is 4.35. The third kappa shape index (κ3) is 8.46. The summed E-state index contributed by atoms with van der Waals surface area (Å²) in [6.45, 7) is 2.82. The van der Waals surface area contributed by atoms with Gasteiger partial charge in [-0.25, -0.2) is 15.0 Å². The monoisotopic (exact) mass is 464 g/mol. The van der Waals surface area contributed by atoms with Crippen molar-refractivity contribution < 1.29 is 4.79 Å². The van der Waals surface area contributed by atoms with E-state index in [9.17, 15) is 4.79 Å². The maximum absolute atomic E-state index is 12.0. The van der Waals surface area contributed by atoms with E-state index in [-0.39, 0.29) is 5.91 Å². The Labute approximate surface area is 205 Å². The van der Waals surface area contributed by atoms with Crippen LogP contribution in [0.3, 0.4) is 0 Å². The van der Waals surface area contributed by atoms with Crippen LogP contribution in [0.25, 0.3) is 11.1 Å². The second kappa shape index (κ2) is 13.3. The van der Waals surface area contributed by atoms with E-state index in [0.29, 0.717) is 12.2 Å². The minimum absolute atomic E-state index is 0.0879. The molecule has 0 aliphatic rings. The minimum Gasteiger partial charge on any atom is -0.319 e. The summed E-state index contributed by atoms with van der Waals surface area (Å²) < 4.78 is 0. The molecule has 4 aromatic rings. The summed E-state index contributed by atoms with van der Waals surface area (Å²) in [5.41, 5.74) is 4.77. The number of nitrogens with zero attached hydrogens (tertiary/aromatic N) is 4. The van der Waals surface area contributed by atoms with Gasteiger partial charge in [-0.3, -0.25) is 4.79 Å². The molecule has 2 heterocycles. The molecule has 0 aliphatic carbocycles. The standard InChI is InChI=1S/C18H16N4O.C10H12N2/c1-13-19-11-16(12-20-13)15-7-8-17(21-10-15)22-18(23)9-14-5-3-2-4-6-14;1-12-7-6-9-2-4-10(8-11)5-3-9/h2-8,10-12H,9H2,1H3,(H,21,22,23);2-5,12H,6-7H2,1H3. The molecule has 4 rings (SSSR count). The van der Waals surface area contributed by atoms with Gasteiger partial charge in [0.2, 0.25) is 5.91 Å². The summed E-state index contributed by atoms with van der Waals surface area (Å²) in [6.07, 6.45) is 6.56. The zero-order chi connectivity index (χ0) is 24.9. The lowest BCUT2D eigenvalue weighted by Crippen LogP contribution is -2.15. The first-order chi connectivity index (χ1) is 17.1. The maximum atomic E-state index is 12.0. The Kier molecular flexibility index (Phi) is 9.61. The summed E-state index contributed by atoms with van der Waals surface area (Å²) >= 11 is 0. The van der Waals surface area contributed by atoms with Gasteiger partial charge in [-0.05, 0) is 62.3 Å². The van der Waals surface area contributed by atoms with Gasteiger partial charge in [-0.1, -0.05) is 42.5 Å². The first-order valence-corrected chi connectivity index (χ1v) is 11.3. The molecule has 0 aliphatic heterocycles. The molecule has 2 N–H and O–H groups in total. The molecular formula is C28H28N6O. The zero-order valence-electron chi connectivity index (χ0n) is 19.9. The number of aryl methyl sites for hydroxylation is 1. The molecule has 35 heavy (non-hydrogen) atoms. The topological polar surface area (TPSA) is 104 Å². The number of carbonyl (C=O) groups is 1. The summed E-state index contributed by atoms with van der Waals surface area (Å²) in [5.74, 6) is 1.17. The van der Waals surface area contributed by atoms with Gasteiger partial charge in [0.1, 0.15) is 11.6 Å². The van der Waals surface area contributed by atoms with Crippen LogP contribution in [-0.4, -0.2) is 34.5 Å². The van der Waals surface area contributed by atoms with Crippen molar-refractivity contribution in [2.75, 3.05) is 18.9 Å². The fourth-order valence-corrected chi connectivity index (χ4v) is 3.16.